The number of methoxy groups -OCH3 is 1. The number of nitrogens with one attached hydrogen (secondary N) is 2. The molecule has 2 N–H and O–H groups in total. The summed E-state index contributed by atoms with van der Waals surface area (Å²) in [5.74, 6) is 1.23. The van der Waals surface area contributed by atoms with Crippen LogP contribution in [0.15, 0.2) is 18.2 Å². The molecule has 24 heavy (non-hydrogen) atoms. The molecule has 1 saturated carbocycles. The molecule has 6 nitrogen and oxygen atoms in total. The van der Waals surface area contributed by atoms with Gasteiger partial charge in [-0.25, -0.2) is 0 Å². The summed E-state index contributed by atoms with van der Waals surface area (Å²) < 4.78 is 11.4. The summed E-state index contributed by atoms with van der Waals surface area (Å²) in [6, 6.07) is 5.28. The van der Waals surface area contributed by atoms with Crippen molar-refractivity contribution in [2.45, 2.75) is 57.2 Å². The molecule has 130 valence electrons. The minimum atomic E-state index is -0.412. The zero-order valence-corrected chi connectivity index (χ0v) is 14.0. The smallest absolute Gasteiger partial charge is 0.242 e. The van der Waals surface area contributed by atoms with Gasteiger partial charge in [0.1, 0.15) is 6.04 Å². The van der Waals surface area contributed by atoms with E-state index in [9.17, 15) is 9.59 Å². The van der Waals surface area contributed by atoms with Gasteiger partial charge in [-0.3, -0.25) is 9.59 Å². The molecule has 1 aromatic carbocycles. The first-order chi connectivity index (χ1) is 11.7. The third-order valence-electron chi connectivity index (χ3n) is 4.60. The number of hydrogen-bond acceptors (Lipinski definition) is 4. The van der Waals surface area contributed by atoms with Crippen molar-refractivity contribution in [1.29, 1.82) is 0 Å². The molecule has 3 rings (SSSR count). The van der Waals surface area contributed by atoms with E-state index in [-0.39, 0.29) is 17.9 Å². The fraction of sp³-hybridized carbons (Fsp3) is 0.556. The predicted octanol–water partition coefficient (Wildman–Crippen LogP) is 1.91. The summed E-state index contributed by atoms with van der Waals surface area (Å²) in [6.45, 7) is 0.399. The van der Waals surface area contributed by atoms with Gasteiger partial charge in [-0.05, 0) is 49.8 Å². The fourth-order valence-electron chi connectivity index (χ4n) is 3.23. The summed E-state index contributed by atoms with van der Waals surface area (Å²) in [6.07, 6.45) is 5.78. The molecular formula is C18H24N2O4. The third-order valence-corrected chi connectivity index (χ3v) is 4.60. The molecule has 1 aliphatic carbocycles. The van der Waals surface area contributed by atoms with E-state index >= 15 is 0 Å². The van der Waals surface area contributed by atoms with Crippen molar-refractivity contribution in [2.75, 3.05) is 7.11 Å². The number of ether oxygens (including phenoxy) is 2. The molecule has 0 unspecified atom stereocenters. The van der Waals surface area contributed by atoms with Crippen LogP contribution in [0.5, 0.6) is 11.5 Å². The van der Waals surface area contributed by atoms with Gasteiger partial charge in [0.25, 0.3) is 0 Å². The molecule has 1 aliphatic heterocycles. The lowest BCUT2D eigenvalue weighted by molar-refractivity contribution is -0.125. The SMILES string of the molecule is COc1ccc(CNC(=O)[C@H]2CCC(=O)N2)cc1OC1CCCC1. The Bertz CT molecular complexity index is 611. The molecular weight excluding hydrogens is 308 g/mol. The Kier molecular flexibility index (Phi) is 5.23. The minimum Gasteiger partial charge on any atom is -0.493 e. The maximum absolute atomic E-state index is 12.1. The molecule has 0 bridgehead atoms. The average molecular weight is 332 g/mol. The zero-order valence-electron chi connectivity index (χ0n) is 14.0. The van der Waals surface area contributed by atoms with E-state index in [0.717, 1.165) is 24.2 Å². The second kappa shape index (κ2) is 7.55. The van der Waals surface area contributed by atoms with Gasteiger partial charge >= 0.3 is 0 Å². The van der Waals surface area contributed by atoms with Gasteiger partial charge in [0.15, 0.2) is 11.5 Å². The molecule has 2 aliphatic rings. The molecule has 1 heterocycles. The summed E-state index contributed by atoms with van der Waals surface area (Å²) in [7, 11) is 1.63. The summed E-state index contributed by atoms with van der Waals surface area (Å²) in [4.78, 5) is 23.3. The third kappa shape index (κ3) is 3.99. The van der Waals surface area contributed by atoms with Crippen molar-refractivity contribution in [3.05, 3.63) is 23.8 Å². The summed E-state index contributed by atoms with van der Waals surface area (Å²) >= 11 is 0. The van der Waals surface area contributed by atoms with Crippen LogP contribution >= 0.6 is 0 Å². The van der Waals surface area contributed by atoms with Crippen LogP contribution in [0, 0.1) is 0 Å². The molecule has 0 radical (unpaired) electrons. The first-order valence-electron chi connectivity index (χ1n) is 8.56. The maximum Gasteiger partial charge on any atom is 0.242 e. The van der Waals surface area contributed by atoms with Gasteiger partial charge in [-0.1, -0.05) is 6.07 Å². The van der Waals surface area contributed by atoms with E-state index in [1.54, 1.807) is 7.11 Å². The van der Waals surface area contributed by atoms with Gasteiger partial charge < -0.3 is 20.1 Å². The maximum atomic E-state index is 12.1. The lowest BCUT2D eigenvalue weighted by atomic mass is 10.1. The molecule has 1 saturated heterocycles. The van der Waals surface area contributed by atoms with Gasteiger partial charge in [0.2, 0.25) is 11.8 Å². The van der Waals surface area contributed by atoms with Crippen molar-refractivity contribution in [2.24, 2.45) is 0 Å². The standard InChI is InChI=1S/C18H24N2O4/c1-23-15-8-6-12(10-16(15)24-13-4-2-3-5-13)11-19-18(22)14-7-9-17(21)20-14/h6,8,10,13-14H,2-5,7,9,11H2,1H3,(H,19,22)(H,20,21)/t14-/m1/s1. The first kappa shape index (κ1) is 16.6. The molecule has 2 fully saturated rings. The largest absolute Gasteiger partial charge is 0.493 e. The number of rotatable bonds is 6. The average Bonchev–Trinajstić information content (AvgIpc) is 3.24. The van der Waals surface area contributed by atoms with Crippen LogP contribution in [0.3, 0.4) is 0 Å². The monoisotopic (exact) mass is 332 g/mol. The van der Waals surface area contributed by atoms with Gasteiger partial charge in [0.05, 0.1) is 13.2 Å². The van der Waals surface area contributed by atoms with Crippen molar-refractivity contribution in [1.82, 2.24) is 10.6 Å². The lowest BCUT2D eigenvalue weighted by Crippen LogP contribution is -2.41. The number of amides is 2. The topological polar surface area (TPSA) is 76.7 Å². The Labute approximate surface area is 141 Å². The Morgan fingerprint density at radius 3 is 2.71 bits per heavy atom. The number of benzene rings is 1. The normalized spacial score (nSPS) is 20.7. The fourth-order valence-corrected chi connectivity index (χ4v) is 3.23. The highest BCUT2D eigenvalue weighted by Crippen LogP contribution is 2.32. The van der Waals surface area contributed by atoms with Gasteiger partial charge in [0, 0.05) is 13.0 Å². The molecule has 6 heteroatoms. The van der Waals surface area contributed by atoms with Crippen LogP contribution in [-0.2, 0) is 16.1 Å². The molecule has 2 amide bonds. The highest BCUT2D eigenvalue weighted by molar-refractivity contribution is 5.90. The van der Waals surface area contributed by atoms with Crippen LogP contribution in [0.2, 0.25) is 0 Å². The van der Waals surface area contributed by atoms with Crippen LogP contribution in [0.25, 0.3) is 0 Å². The van der Waals surface area contributed by atoms with Crippen molar-refractivity contribution < 1.29 is 19.1 Å². The highest BCUT2D eigenvalue weighted by Gasteiger charge is 2.26. The molecule has 0 aromatic heterocycles. The molecule has 1 aromatic rings. The van der Waals surface area contributed by atoms with Crippen molar-refractivity contribution >= 4 is 11.8 Å². The predicted molar refractivity (Wildman–Crippen MR) is 88.9 cm³/mol. The van der Waals surface area contributed by atoms with Gasteiger partial charge in [-0.15, -0.1) is 0 Å². The molecule has 0 spiro atoms. The van der Waals surface area contributed by atoms with E-state index in [1.165, 1.54) is 12.8 Å². The van der Waals surface area contributed by atoms with Crippen LogP contribution in [-0.4, -0.2) is 31.1 Å². The van der Waals surface area contributed by atoms with E-state index in [4.69, 9.17) is 9.47 Å². The van der Waals surface area contributed by atoms with Crippen LogP contribution in [0.1, 0.15) is 44.1 Å². The Morgan fingerprint density at radius 1 is 1.25 bits per heavy atom. The number of carbonyl (C=O) groups excluding carboxylic acids is 2. The second-order valence-corrected chi connectivity index (χ2v) is 6.39. The lowest BCUT2D eigenvalue weighted by Gasteiger charge is -2.17. The van der Waals surface area contributed by atoms with Gasteiger partial charge in [-0.2, -0.15) is 0 Å². The van der Waals surface area contributed by atoms with Crippen molar-refractivity contribution in [3.63, 3.8) is 0 Å². The number of carbonyl (C=O) groups is 2. The Hall–Kier alpha value is -2.24. The van der Waals surface area contributed by atoms with Crippen molar-refractivity contribution in [3.8, 4) is 11.5 Å². The first-order valence-corrected chi connectivity index (χ1v) is 8.56. The van der Waals surface area contributed by atoms with E-state index < -0.39 is 6.04 Å². The Balaban J connectivity index is 1.60. The summed E-state index contributed by atoms with van der Waals surface area (Å²) in [5, 5.41) is 5.54. The Morgan fingerprint density at radius 2 is 2.04 bits per heavy atom. The van der Waals surface area contributed by atoms with E-state index in [2.05, 4.69) is 10.6 Å². The quantitative estimate of drug-likeness (QED) is 0.834. The van der Waals surface area contributed by atoms with E-state index in [0.29, 0.717) is 25.1 Å². The van der Waals surface area contributed by atoms with Crippen LogP contribution < -0.4 is 20.1 Å². The summed E-state index contributed by atoms with van der Waals surface area (Å²) in [5.41, 5.74) is 0.946. The molecule has 1 atom stereocenters. The van der Waals surface area contributed by atoms with E-state index in [1.807, 2.05) is 18.2 Å². The number of hydrogen-bond donors (Lipinski definition) is 2. The second-order valence-electron chi connectivity index (χ2n) is 6.39. The zero-order chi connectivity index (χ0) is 16.9. The minimum absolute atomic E-state index is 0.0631. The van der Waals surface area contributed by atoms with Crippen LogP contribution in [0.4, 0.5) is 0 Å². The highest BCUT2D eigenvalue weighted by atomic mass is 16.5.